The van der Waals surface area contributed by atoms with Gasteiger partial charge in [-0.05, 0) is 41.3 Å². The third-order valence-electron chi connectivity index (χ3n) is 3.74. The van der Waals surface area contributed by atoms with Gasteiger partial charge in [-0.1, -0.05) is 26.0 Å². The highest BCUT2D eigenvalue weighted by Gasteiger charge is 2.11. The quantitative estimate of drug-likeness (QED) is 0.613. The molecular weight excluding hydrogens is 308 g/mol. The van der Waals surface area contributed by atoms with Crippen LogP contribution in [0.3, 0.4) is 0 Å². The van der Waals surface area contributed by atoms with Crippen molar-refractivity contribution in [2.24, 2.45) is 0 Å². The number of carboxylic acids is 1. The molecule has 0 fully saturated rings. The maximum absolute atomic E-state index is 10.8. The van der Waals surface area contributed by atoms with Gasteiger partial charge in [0.05, 0.1) is 12.1 Å². The fourth-order valence-corrected chi connectivity index (χ4v) is 2.44. The first-order chi connectivity index (χ1) is 11.4. The van der Waals surface area contributed by atoms with E-state index in [1.165, 1.54) is 6.07 Å². The number of phenols is 1. The minimum Gasteiger partial charge on any atom is -0.506 e. The number of benzene rings is 2. The number of phenolic OH excluding ortho intramolecular Hbond substituents is 1. The van der Waals surface area contributed by atoms with Crippen molar-refractivity contribution in [3.63, 3.8) is 0 Å². The SMILES string of the molecule is CC(C)c1ccc2oc(Nc3cc(CC(=O)O)ccc3O)nc2c1. The predicted molar refractivity (Wildman–Crippen MR) is 90.8 cm³/mol. The van der Waals surface area contributed by atoms with Crippen molar-refractivity contribution in [3.05, 3.63) is 47.5 Å². The van der Waals surface area contributed by atoms with E-state index in [0.29, 0.717) is 22.8 Å². The van der Waals surface area contributed by atoms with Gasteiger partial charge in [0.25, 0.3) is 6.01 Å². The molecule has 0 aliphatic carbocycles. The Labute approximate surface area is 138 Å². The Morgan fingerprint density at radius 3 is 2.75 bits per heavy atom. The summed E-state index contributed by atoms with van der Waals surface area (Å²) in [6.07, 6.45) is -0.125. The second-order valence-electron chi connectivity index (χ2n) is 5.95. The minimum absolute atomic E-state index is 0.00531. The molecule has 0 bridgehead atoms. The zero-order valence-electron chi connectivity index (χ0n) is 13.4. The number of carboxylic acid groups (broad SMARTS) is 1. The van der Waals surface area contributed by atoms with Gasteiger partial charge in [-0.3, -0.25) is 4.79 Å². The Hall–Kier alpha value is -3.02. The molecule has 0 spiro atoms. The fourth-order valence-electron chi connectivity index (χ4n) is 2.44. The molecule has 0 amide bonds. The number of anilines is 2. The van der Waals surface area contributed by atoms with Crippen molar-refractivity contribution >= 4 is 28.8 Å². The van der Waals surface area contributed by atoms with Crippen LogP contribution in [-0.2, 0) is 11.2 Å². The number of hydrogen-bond acceptors (Lipinski definition) is 5. The van der Waals surface area contributed by atoms with Gasteiger partial charge >= 0.3 is 5.97 Å². The molecular formula is C18H18N2O4. The van der Waals surface area contributed by atoms with Gasteiger partial charge in [0.2, 0.25) is 0 Å². The lowest BCUT2D eigenvalue weighted by molar-refractivity contribution is -0.136. The van der Waals surface area contributed by atoms with Crippen LogP contribution in [0, 0.1) is 0 Å². The standard InChI is InChI=1S/C18H18N2O4/c1-10(2)12-4-6-16-14(9-12)20-18(24-16)19-13-7-11(8-17(22)23)3-5-15(13)21/h3-7,9-10,21H,8H2,1-2H3,(H,19,20)(H,22,23). The Bertz CT molecular complexity index is 899. The first kappa shape index (κ1) is 15.9. The molecule has 0 aliphatic rings. The molecule has 0 saturated heterocycles. The highest BCUT2D eigenvalue weighted by molar-refractivity contribution is 5.77. The zero-order valence-corrected chi connectivity index (χ0v) is 13.4. The molecule has 0 unspecified atom stereocenters. The predicted octanol–water partition coefficient (Wildman–Crippen LogP) is 4.03. The van der Waals surface area contributed by atoms with Gasteiger partial charge in [0.1, 0.15) is 11.3 Å². The summed E-state index contributed by atoms with van der Waals surface area (Å²) in [7, 11) is 0. The summed E-state index contributed by atoms with van der Waals surface area (Å²) in [6.45, 7) is 4.21. The number of aromatic nitrogens is 1. The number of carbonyl (C=O) groups is 1. The van der Waals surface area contributed by atoms with Crippen molar-refractivity contribution in [2.75, 3.05) is 5.32 Å². The number of rotatable bonds is 5. The van der Waals surface area contributed by atoms with E-state index in [2.05, 4.69) is 24.1 Å². The van der Waals surface area contributed by atoms with Gasteiger partial charge in [-0.2, -0.15) is 4.98 Å². The number of nitrogens with one attached hydrogen (secondary N) is 1. The van der Waals surface area contributed by atoms with E-state index in [0.717, 1.165) is 11.1 Å². The topological polar surface area (TPSA) is 95.6 Å². The van der Waals surface area contributed by atoms with Crippen molar-refractivity contribution in [3.8, 4) is 5.75 Å². The second-order valence-corrected chi connectivity index (χ2v) is 5.95. The first-order valence-electron chi connectivity index (χ1n) is 7.63. The lowest BCUT2D eigenvalue weighted by atomic mass is 10.0. The maximum Gasteiger partial charge on any atom is 0.307 e. The van der Waals surface area contributed by atoms with E-state index in [1.807, 2.05) is 18.2 Å². The molecule has 24 heavy (non-hydrogen) atoms. The lowest BCUT2D eigenvalue weighted by Crippen LogP contribution is -2.00. The molecule has 3 rings (SSSR count). The van der Waals surface area contributed by atoms with Crippen LogP contribution in [0.25, 0.3) is 11.1 Å². The van der Waals surface area contributed by atoms with Crippen LogP contribution in [0.15, 0.2) is 40.8 Å². The molecule has 1 aromatic heterocycles. The molecule has 3 N–H and O–H groups in total. The number of oxazole rings is 1. The zero-order chi connectivity index (χ0) is 17.3. The van der Waals surface area contributed by atoms with Crippen LogP contribution in [0.2, 0.25) is 0 Å². The summed E-state index contributed by atoms with van der Waals surface area (Å²) in [5.74, 6) is -0.553. The van der Waals surface area contributed by atoms with Crippen LogP contribution < -0.4 is 5.32 Å². The minimum atomic E-state index is -0.935. The van der Waals surface area contributed by atoms with Crippen molar-refractivity contribution in [1.29, 1.82) is 0 Å². The molecule has 2 aromatic carbocycles. The fraction of sp³-hybridized carbons (Fsp3) is 0.222. The van der Waals surface area contributed by atoms with Gasteiger partial charge < -0.3 is 19.9 Å². The van der Waals surface area contributed by atoms with Crippen LogP contribution >= 0.6 is 0 Å². The van der Waals surface area contributed by atoms with Crippen LogP contribution in [-0.4, -0.2) is 21.2 Å². The first-order valence-corrected chi connectivity index (χ1v) is 7.63. The smallest absolute Gasteiger partial charge is 0.307 e. The van der Waals surface area contributed by atoms with Gasteiger partial charge in [0.15, 0.2) is 5.58 Å². The summed E-state index contributed by atoms with van der Waals surface area (Å²) in [5, 5.41) is 21.7. The number of hydrogen-bond donors (Lipinski definition) is 3. The Morgan fingerprint density at radius 1 is 1.25 bits per heavy atom. The van der Waals surface area contributed by atoms with E-state index in [1.54, 1.807) is 12.1 Å². The third-order valence-corrected chi connectivity index (χ3v) is 3.74. The number of aliphatic carboxylic acids is 1. The Kier molecular flexibility index (Phi) is 4.12. The molecule has 0 radical (unpaired) electrons. The summed E-state index contributed by atoms with van der Waals surface area (Å²) in [6, 6.07) is 10.6. The summed E-state index contributed by atoms with van der Waals surface area (Å²) in [4.78, 5) is 15.2. The summed E-state index contributed by atoms with van der Waals surface area (Å²) < 4.78 is 5.63. The molecule has 0 atom stereocenters. The highest BCUT2D eigenvalue weighted by Crippen LogP contribution is 2.30. The number of fused-ring (bicyclic) bond motifs is 1. The van der Waals surface area contributed by atoms with Crippen molar-refractivity contribution < 1.29 is 19.4 Å². The van der Waals surface area contributed by atoms with E-state index in [-0.39, 0.29) is 18.2 Å². The molecule has 0 aliphatic heterocycles. The largest absolute Gasteiger partial charge is 0.506 e. The molecule has 6 nitrogen and oxygen atoms in total. The van der Waals surface area contributed by atoms with Gasteiger partial charge in [-0.25, -0.2) is 0 Å². The van der Waals surface area contributed by atoms with Crippen molar-refractivity contribution in [1.82, 2.24) is 4.98 Å². The highest BCUT2D eigenvalue weighted by atomic mass is 16.4. The summed E-state index contributed by atoms with van der Waals surface area (Å²) in [5.41, 5.74) is 3.45. The van der Waals surface area contributed by atoms with Crippen molar-refractivity contribution in [2.45, 2.75) is 26.2 Å². The molecule has 0 saturated carbocycles. The van der Waals surface area contributed by atoms with E-state index < -0.39 is 5.97 Å². The Balaban J connectivity index is 1.90. The molecule has 1 heterocycles. The maximum atomic E-state index is 10.8. The average molecular weight is 326 g/mol. The van der Waals surface area contributed by atoms with Gasteiger partial charge in [0, 0.05) is 0 Å². The van der Waals surface area contributed by atoms with Gasteiger partial charge in [-0.15, -0.1) is 0 Å². The Morgan fingerprint density at radius 2 is 2.04 bits per heavy atom. The molecule has 3 aromatic rings. The molecule has 124 valence electrons. The molecule has 6 heteroatoms. The van der Waals surface area contributed by atoms with E-state index >= 15 is 0 Å². The third kappa shape index (κ3) is 3.32. The van der Waals surface area contributed by atoms with E-state index in [9.17, 15) is 9.90 Å². The van der Waals surface area contributed by atoms with Crippen LogP contribution in [0.5, 0.6) is 5.75 Å². The van der Waals surface area contributed by atoms with Crippen LogP contribution in [0.4, 0.5) is 11.7 Å². The second kappa shape index (κ2) is 6.23. The average Bonchev–Trinajstić information content (AvgIpc) is 2.91. The lowest BCUT2D eigenvalue weighted by Gasteiger charge is -2.06. The monoisotopic (exact) mass is 326 g/mol. The number of nitrogens with zero attached hydrogens (tertiary/aromatic N) is 1. The van der Waals surface area contributed by atoms with Crippen LogP contribution in [0.1, 0.15) is 30.9 Å². The number of aromatic hydroxyl groups is 1. The van der Waals surface area contributed by atoms with E-state index in [4.69, 9.17) is 9.52 Å². The normalized spacial score (nSPS) is 11.1. The summed E-state index contributed by atoms with van der Waals surface area (Å²) >= 11 is 0.